The van der Waals surface area contributed by atoms with E-state index in [0.717, 1.165) is 54.7 Å². The van der Waals surface area contributed by atoms with Gasteiger partial charge in [-0.15, -0.1) is 0 Å². The normalized spacial score (nSPS) is 15.9. The van der Waals surface area contributed by atoms with Crippen molar-refractivity contribution in [1.29, 1.82) is 0 Å². The molecular weight excluding hydrogens is 446 g/mol. The average Bonchev–Trinajstić information content (AvgIpc) is 3.16. The minimum absolute atomic E-state index is 0.208. The third-order valence-electron chi connectivity index (χ3n) is 6.73. The van der Waals surface area contributed by atoms with Gasteiger partial charge in [-0.2, -0.15) is 0 Å². The van der Waals surface area contributed by atoms with E-state index in [1.54, 1.807) is 6.07 Å². The molecule has 3 N–H and O–H groups in total. The van der Waals surface area contributed by atoms with E-state index >= 15 is 0 Å². The number of rotatable bonds is 4. The Hall–Kier alpha value is -2.93. The van der Waals surface area contributed by atoms with E-state index in [1.165, 1.54) is 5.56 Å². The van der Waals surface area contributed by atoms with Gasteiger partial charge in [-0.3, -0.25) is 14.6 Å². The number of nitrogens with one attached hydrogen (secondary N) is 1. The molecule has 176 valence electrons. The van der Waals surface area contributed by atoms with E-state index in [2.05, 4.69) is 53.8 Å². The van der Waals surface area contributed by atoms with Crippen molar-refractivity contribution in [1.82, 2.24) is 19.8 Å². The van der Waals surface area contributed by atoms with Crippen LogP contribution in [0.4, 0.5) is 0 Å². The van der Waals surface area contributed by atoms with Gasteiger partial charge in [-0.25, -0.2) is 4.98 Å². The molecule has 1 aliphatic heterocycles. The number of nitrogens with zero attached hydrogens (tertiary/aromatic N) is 3. The van der Waals surface area contributed by atoms with E-state index in [-0.39, 0.29) is 5.54 Å². The summed E-state index contributed by atoms with van der Waals surface area (Å²) in [5.41, 5.74) is 11.5. The van der Waals surface area contributed by atoms with Crippen LogP contribution in [0.2, 0.25) is 5.02 Å². The summed E-state index contributed by atoms with van der Waals surface area (Å²) in [7, 11) is 0. The van der Waals surface area contributed by atoms with Crippen molar-refractivity contribution in [2.75, 3.05) is 26.2 Å². The first-order valence-corrected chi connectivity index (χ1v) is 12.1. The van der Waals surface area contributed by atoms with Crippen LogP contribution in [-0.2, 0) is 6.54 Å². The standard InChI is InChI=1S/C27H30ClN5O/c1-27(2,3)33-11-9-32(10-12-33)16-17-7-8-22-20(13-17)24-25(30-22)21(26(29)34)15-23(31-24)18-5-4-6-19(28)14-18/h4-8,13-15,30H,9-12,16H2,1-3H3,(H2,29,34). The highest BCUT2D eigenvalue weighted by molar-refractivity contribution is 6.30. The molecule has 2 aromatic heterocycles. The molecule has 0 saturated carbocycles. The topological polar surface area (TPSA) is 78.2 Å². The van der Waals surface area contributed by atoms with E-state index in [9.17, 15) is 4.79 Å². The molecule has 1 aliphatic rings. The first-order valence-electron chi connectivity index (χ1n) is 11.7. The fourth-order valence-corrected chi connectivity index (χ4v) is 5.01. The lowest BCUT2D eigenvalue weighted by Gasteiger charge is -2.42. The molecular formula is C27H30ClN5O. The molecule has 1 amide bonds. The van der Waals surface area contributed by atoms with Crippen LogP contribution in [0.15, 0.2) is 48.5 Å². The number of amides is 1. The zero-order valence-corrected chi connectivity index (χ0v) is 20.6. The third-order valence-corrected chi connectivity index (χ3v) is 6.97. The summed E-state index contributed by atoms with van der Waals surface area (Å²) in [6, 6.07) is 15.6. The van der Waals surface area contributed by atoms with E-state index in [0.29, 0.717) is 21.8 Å². The second kappa shape index (κ2) is 8.69. The molecule has 0 aliphatic carbocycles. The van der Waals surface area contributed by atoms with Crippen LogP contribution in [0.25, 0.3) is 33.2 Å². The lowest BCUT2D eigenvalue weighted by molar-refractivity contribution is 0.0591. The highest BCUT2D eigenvalue weighted by Gasteiger charge is 2.26. The molecule has 2 aromatic carbocycles. The van der Waals surface area contributed by atoms with E-state index in [4.69, 9.17) is 22.3 Å². The summed E-state index contributed by atoms with van der Waals surface area (Å²) in [4.78, 5) is 25.6. The van der Waals surface area contributed by atoms with Crippen LogP contribution in [-0.4, -0.2) is 57.4 Å². The first kappa shape index (κ1) is 22.8. The molecule has 3 heterocycles. The average molecular weight is 476 g/mol. The largest absolute Gasteiger partial charge is 0.366 e. The predicted molar refractivity (Wildman–Crippen MR) is 139 cm³/mol. The zero-order chi connectivity index (χ0) is 24.0. The van der Waals surface area contributed by atoms with Crippen LogP contribution in [0.5, 0.6) is 0 Å². The van der Waals surface area contributed by atoms with Gasteiger partial charge in [-0.1, -0.05) is 29.8 Å². The number of fused-ring (bicyclic) bond motifs is 3. The number of benzene rings is 2. The highest BCUT2D eigenvalue weighted by atomic mass is 35.5. The van der Waals surface area contributed by atoms with Gasteiger partial charge in [0.1, 0.15) is 0 Å². The van der Waals surface area contributed by atoms with E-state index in [1.807, 2.05) is 24.3 Å². The molecule has 6 nitrogen and oxygen atoms in total. The summed E-state index contributed by atoms with van der Waals surface area (Å²) in [5, 5.41) is 1.61. The van der Waals surface area contributed by atoms with Gasteiger partial charge in [0.25, 0.3) is 5.91 Å². The molecule has 1 fully saturated rings. The second-order valence-electron chi connectivity index (χ2n) is 10.1. The van der Waals surface area contributed by atoms with Crippen molar-refractivity contribution in [2.45, 2.75) is 32.9 Å². The number of piperazine rings is 1. The Kier molecular flexibility index (Phi) is 5.84. The maximum absolute atomic E-state index is 12.3. The van der Waals surface area contributed by atoms with Crippen molar-refractivity contribution in [2.24, 2.45) is 5.73 Å². The fourth-order valence-electron chi connectivity index (χ4n) is 4.82. The molecule has 34 heavy (non-hydrogen) atoms. The molecule has 0 bridgehead atoms. The number of aromatic nitrogens is 2. The molecule has 0 radical (unpaired) electrons. The smallest absolute Gasteiger partial charge is 0.250 e. The van der Waals surface area contributed by atoms with Gasteiger partial charge in [0, 0.05) is 59.8 Å². The number of H-pyrrole nitrogens is 1. The Balaban J connectivity index is 1.51. The summed E-state index contributed by atoms with van der Waals surface area (Å²) >= 11 is 6.20. The summed E-state index contributed by atoms with van der Waals surface area (Å²) in [6.07, 6.45) is 0. The van der Waals surface area contributed by atoms with Crippen molar-refractivity contribution in [3.8, 4) is 11.3 Å². The molecule has 0 atom stereocenters. The minimum atomic E-state index is -0.487. The Morgan fingerprint density at radius 1 is 1.09 bits per heavy atom. The second-order valence-corrected chi connectivity index (χ2v) is 10.5. The van der Waals surface area contributed by atoms with Crippen LogP contribution >= 0.6 is 11.6 Å². The lowest BCUT2D eigenvalue weighted by atomic mass is 10.0. The van der Waals surface area contributed by atoms with E-state index < -0.39 is 5.91 Å². The SMILES string of the molecule is CC(C)(C)N1CCN(Cc2ccc3[nH]c4c(C(N)=O)cc(-c5cccc(Cl)c5)nc4c3c2)CC1. The van der Waals surface area contributed by atoms with Gasteiger partial charge in [0.2, 0.25) is 0 Å². The summed E-state index contributed by atoms with van der Waals surface area (Å²) in [5.74, 6) is -0.487. The number of halogens is 1. The molecule has 1 saturated heterocycles. The number of aromatic amines is 1. The predicted octanol–water partition coefficient (Wildman–Crippen LogP) is 5.05. The molecule has 0 spiro atoms. The van der Waals surface area contributed by atoms with Gasteiger partial charge in [0.05, 0.1) is 22.3 Å². The maximum Gasteiger partial charge on any atom is 0.250 e. The highest BCUT2D eigenvalue weighted by Crippen LogP contribution is 2.31. The Labute approximate surface area is 204 Å². The number of carbonyl (C=O) groups is 1. The van der Waals surface area contributed by atoms with Crippen LogP contribution in [0.1, 0.15) is 36.7 Å². The number of carbonyl (C=O) groups excluding carboxylic acids is 1. The Bertz CT molecular complexity index is 1380. The number of hydrogen-bond acceptors (Lipinski definition) is 4. The number of primary amides is 1. The quantitative estimate of drug-likeness (QED) is 0.433. The van der Waals surface area contributed by atoms with Crippen LogP contribution in [0, 0.1) is 0 Å². The van der Waals surface area contributed by atoms with Crippen molar-refractivity contribution < 1.29 is 4.79 Å². The Morgan fingerprint density at radius 2 is 1.85 bits per heavy atom. The summed E-state index contributed by atoms with van der Waals surface area (Å²) < 4.78 is 0. The first-order chi connectivity index (χ1) is 16.2. The third kappa shape index (κ3) is 4.41. The summed E-state index contributed by atoms with van der Waals surface area (Å²) in [6.45, 7) is 12.0. The van der Waals surface area contributed by atoms with Gasteiger partial charge < -0.3 is 10.7 Å². The molecule has 4 aromatic rings. The number of nitrogens with two attached hydrogens (primary N) is 1. The minimum Gasteiger partial charge on any atom is -0.366 e. The molecule has 7 heteroatoms. The lowest BCUT2D eigenvalue weighted by Crippen LogP contribution is -2.53. The number of hydrogen-bond donors (Lipinski definition) is 2. The fraction of sp³-hybridized carbons (Fsp3) is 0.333. The van der Waals surface area contributed by atoms with Crippen LogP contribution < -0.4 is 5.73 Å². The Morgan fingerprint density at radius 3 is 2.53 bits per heavy atom. The molecule has 0 unspecified atom stereocenters. The maximum atomic E-state index is 12.3. The van der Waals surface area contributed by atoms with Crippen molar-refractivity contribution in [3.05, 3.63) is 64.7 Å². The van der Waals surface area contributed by atoms with Gasteiger partial charge in [0.15, 0.2) is 0 Å². The van der Waals surface area contributed by atoms with Crippen molar-refractivity contribution >= 4 is 39.4 Å². The van der Waals surface area contributed by atoms with Gasteiger partial charge in [-0.05, 0) is 56.7 Å². The monoisotopic (exact) mass is 475 g/mol. The number of pyridine rings is 1. The molecule has 5 rings (SSSR count). The van der Waals surface area contributed by atoms with Crippen LogP contribution in [0.3, 0.4) is 0 Å². The zero-order valence-electron chi connectivity index (χ0n) is 19.9. The van der Waals surface area contributed by atoms with Gasteiger partial charge >= 0.3 is 0 Å². The van der Waals surface area contributed by atoms with Crippen molar-refractivity contribution in [3.63, 3.8) is 0 Å².